The zero-order chi connectivity index (χ0) is 12.4. The summed E-state index contributed by atoms with van der Waals surface area (Å²) in [5.41, 5.74) is -0.180. The number of rotatable bonds is 2. The fourth-order valence-electron chi connectivity index (χ4n) is 1.15. The van der Waals surface area contributed by atoms with Crippen LogP contribution in [0.2, 0.25) is 0 Å². The molecule has 1 heterocycles. The molecule has 0 aliphatic heterocycles. The molecule has 1 N–H and O–H groups in total. The maximum Gasteiger partial charge on any atom is 0.196 e. The first-order chi connectivity index (χ1) is 8.09. The van der Waals surface area contributed by atoms with E-state index in [-0.39, 0.29) is 5.69 Å². The second kappa shape index (κ2) is 4.86. The molecule has 17 heavy (non-hydrogen) atoms. The van der Waals surface area contributed by atoms with Gasteiger partial charge >= 0.3 is 0 Å². The van der Waals surface area contributed by atoms with Crippen molar-refractivity contribution in [3.8, 4) is 0 Å². The Bertz CT molecular complexity index is 562. The molecule has 0 saturated carbocycles. The molecule has 2 aromatic rings. The first-order valence-corrected chi connectivity index (χ1v) is 5.53. The number of hydrogen-bond acceptors (Lipinski definition) is 3. The molecule has 0 aliphatic carbocycles. The van der Waals surface area contributed by atoms with Gasteiger partial charge < -0.3 is 5.32 Å². The van der Waals surface area contributed by atoms with Crippen molar-refractivity contribution < 1.29 is 13.2 Å². The van der Waals surface area contributed by atoms with E-state index in [2.05, 4.69) is 15.3 Å². The van der Waals surface area contributed by atoms with Gasteiger partial charge in [0.1, 0.15) is 12.1 Å². The van der Waals surface area contributed by atoms with E-state index < -0.39 is 17.5 Å². The Balaban J connectivity index is 2.38. The van der Waals surface area contributed by atoms with Crippen molar-refractivity contribution in [2.24, 2.45) is 0 Å². The Kier molecular flexibility index (Phi) is 3.46. The zero-order valence-electron chi connectivity index (χ0n) is 8.22. The van der Waals surface area contributed by atoms with E-state index in [0.717, 1.165) is 12.1 Å². The summed E-state index contributed by atoms with van der Waals surface area (Å²) in [5, 5.41) is 2.57. The lowest BCUT2D eigenvalue weighted by Crippen LogP contribution is -2.01. The third-order valence-electron chi connectivity index (χ3n) is 1.96. The quantitative estimate of drug-likeness (QED) is 0.667. The van der Waals surface area contributed by atoms with Crippen molar-refractivity contribution in [2.45, 2.75) is 0 Å². The molecule has 0 saturated heterocycles. The van der Waals surface area contributed by atoms with Gasteiger partial charge in [0, 0.05) is 6.20 Å². The van der Waals surface area contributed by atoms with Crippen molar-refractivity contribution in [1.82, 2.24) is 9.97 Å². The molecule has 2 rings (SSSR count). The fraction of sp³-hybridized carbons (Fsp3) is 0. The molecule has 1 aromatic carbocycles. The lowest BCUT2D eigenvalue weighted by atomic mass is 10.3. The molecule has 0 aliphatic rings. The maximum atomic E-state index is 13.4. The summed E-state index contributed by atoms with van der Waals surface area (Å²) in [7, 11) is 0. The van der Waals surface area contributed by atoms with Gasteiger partial charge in [-0.1, -0.05) is 0 Å². The molecule has 0 amide bonds. The summed E-state index contributed by atoms with van der Waals surface area (Å²) in [6.07, 6.45) is 2.77. The minimum atomic E-state index is -1.51. The Morgan fingerprint density at radius 3 is 2.59 bits per heavy atom. The normalized spacial score (nSPS) is 10.4. The Hall–Kier alpha value is -1.38. The van der Waals surface area contributed by atoms with Crippen LogP contribution in [0.25, 0.3) is 0 Å². The largest absolute Gasteiger partial charge is 0.337 e. The molecule has 0 radical (unpaired) electrons. The molecular formula is C10H5F3IN3. The molecule has 1 aromatic heterocycles. The average molecular weight is 351 g/mol. The van der Waals surface area contributed by atoms with Crippen LogP contribution in [0.15, 0.2) is 24.7 Å². The van der Waals surface area contributed by atoms with Gasteiger partial charge in [-0.3, -0.25) is 0 Å². The molecule has 3 nitrogen and oxygen atoms in total. The SMILES string of the molecule is Fc1ccc(Nc2ncncc2I)c(F)c1F. The zero-order valence-corrected chi connectivity index (χ0v) is 10.4. The van der Waals surface area contributed by atoms with Crippen LogP contribution in [0.4, 0.5) is 24.7 Å². The van der Waals surface area contributed by atoms with Gasteiger partial charge in [-0.05, 0) is 34.7 Å². The van der Waals surface area contributed by atoms with Crippen LogP contribution in [-0.4, -0.2) is 9.97 Å². The van der Waals surface area contributed by atoms with Gasteiger partial charge in [0.2, 0.25) is 0 Å². The molecule has 0 unspecified atom stereocenters. The fourth-order valence-corrected chi connectivity index (χ4v) is 1.59. The molecule has 0 bridgehead atoms. The van der Waals surface area contributed by atoms with Gasteiger partial charge in [-0.15, -0.1) is 0 Å². The van der Waals surface area contributed by atoms with E-state index in [9.17, 15) is 13.2 Å². The van der Waals surface area contributed by atoms with Crippen LogP contribution in [-0.2, 0) is 0 Å². The van der Waals surface area contributed by atoms with E-state index in [1.807, 2.05) is 22.6 Å². The topological polar surface area (TPSA) is 37.8 Å². The molecule has 7 heteroatoms. The average Bonchev–Trinajstić information content (AvgIpc) is 2.32. The second-order valence-corrected chi connectivity index (χ2v) is 4.23. The molecular weight excluding hydrogens is 346 g/mol. The third-order valence-corrected chi connectivity index (χ3v) is 2.75. The Morgan fingerprint density at radius 1 is 1.12 bits per heavy atom. The van der Waals surface area contributed by atoms with Crippen molar-refractivity contribution in [3.05, 3.63) is 45.7 Å². The summed E-state index contributed by atoms with van der Waals surface area (Å²) < 4.78 is 39.7. The first-order valence-electron chi connectivity index (χ1n) is 4.45. The van der Waals surface area contributed by atoms with Gasteiger partial charge in [0.15, 0.2) is 17.5 Å². The lowest BCUT2D eigenvalue weighted by Gasteiger charge is -2.08. The minimum absolute atomic E-state index is 0.180. The van der Waals surface area contributed by atoms with Gasteiger partial charge in [0.05, 0.1) is 9.26 Å². The van der Waals surface area contributed by atoms with E-state index >= 15 is 0 Å². The summed E-state index contributed by atoms with van der Waals surface area (Å²) in [6, 6.07) is 1.95. The highest BCUT2D eigenvalue weighted by Crippen LogP contribution is 2.24. The first kappa shape index (κ1) is 12.1. The third kappa shape index (κ3) is 2.48. The van der Waals surface area contributed by atoms with Crippen molar-refractivity contribution in [3.63, 3.8) is 0 Å². The number of hydrogen-bond donors (Lipinski definition) is 1. The van der Waals surface area contributed by atoms with Crippen LogP contribution in [0.5, 0.6) is 0 Å². The molecule has 0 atom stereocenters. The molecule has 88 valence electrons. The van der Waals surface area contributed by atoms with E-state index in [1.54, 1.807) is 0 Å². The van der Waals surface area contributed by atoms with Crippen molar-refractivity contribution in [1.29, 1.82) is 0 Å². The highest BCUT2D eigenvalue weighted by molar-refractivity contribution is 14.1. The minimum Gasteiger partial charge on any atom is -0.337 e. The summed E-state index contributed by atoms with van der Waals surface area (Å²) in [4.78, 5) is 7.61. The van der Waals surface area contributed by atoms with E-state index in [1.165, 1.54) is 12.5 Å². The molecule has 0 fully saturated rings. The van der Waals surface area contributed by atoms with Crippen LogP contribution in [0, 0.1) is 21.0 Å². The lowest BCUT2D eigenvalue weighted by molar-refractivity contribution is 0.449. The number of benzene rings is 1. The van der Waals surface area contributed by atoms with Crippen LogP contribution in [0.1, 0.15) is 0 Å². The number of nitrogens with one attached hydrogen (secondary N) is 1. The van der Waals surface area contributed by atoms with Gasteiger partial charge in [-0.2, -0.15) is 0 Å². The molecule has 0 spiro atoms. The number of nitrogens with zero attached hydrogens (tertiary/aromatic N) is 2. The van der Waals surface area contributed by atoms with E-state index in [4.69, 9.17) is 0 Å². The summed E-state index contributed by atoms with van der Waals surface area (Å²) in [5.74, 6) is -3.70. The Morgan fingerprint density at radius 2 is 1.88 bits per heavy atom. The monoisotopic (exact) mass is 351 g/mol. The predicted molar refractivity (Wildman–Crippen MR) is 64.3 cm³/mol. The van der Waals surface area contributed by atoms with Gasteiger partial charge in [-0.25, -0.2) is 23.1 Å². The predicted octanol–water partition coefficient (Wildman–Crippen LogP) is 3.24. The highest BCUT2D eigenvalue weighted by Gasteiger charge is 2.14. The summed E-state index contributed by atoms with van der Waals surface area (Å²) in [6.45, 7) is 0. The maximum absolute atomic E-state index is 13.4. The van der Waals surface area contributed by atoms with Crippen LogP contribution >= 0.6 is 22.6 Å². The second-order valence-electron chi connectivity index (χ2n) is 3.07. The number of anilines is 2. The Labute approximate surface area is 108 Å². The smallest absolute Gasteiger partial charge is 0.196 e. The van der Waals surface area contributed by atoms with Crippen molar-refractivity contribution >= 4 is 34.1 Å². The number of aromatic nitrogens is 2. The van der Waals surface area contributed by atoms with Gasteiger partial charge in [0.25, 0.3) is 0 Å². The number of halogens is 4. The summed E-state index contributed by atoms with van der Waals surface area (Å²) >= 11 is 1.94. The van der Waals surface area contributed by atoms with Crippen LogP contribution in [0.3, 0.4) is 0 Å². The van der Waals surface area contributed by atoms with Crippen LogP contribution < -0.4 is 5.32 Å². The standard InChI is InChI=1S/C10H5F3IN3/c11-5-1-2-7(9(13)8(5)12)17-10-6(14)3-15-4-16-10/h1-4H,(H,15,16,17). The van der Waals surface area contributed by atoms with E-state index in [0.29, 0.717) is 9.39 Å². The highest BCUT2D eigenvalue weighted by atomic mass is 127. The van der Waals surface area contributed by atoms with Crippen molar-refractivity contribution in [2.75, 3.05) is 5.32 Å².